The van der Waals surface area contributed by atoms with E-state index < -0.39 is 0 Å². The van der Waals surface area contributed by atoms with E-state index in [1.165, 1.54) is 0 Å². The van der Waals surface area contributed by atoms with E-state index in [1.807, 2.05) is 7.05 Å². The molecule has 0 fully saturated rings. The zero-order valence-corrected chi connectivity index (χ0v) is 5.91. The molecule has 0 saturated heterocycles. The maximum atomic E-state index is 5.25. The third-order valence-electron chi connectivity index (χ3n) is 0.956. The van der Waals surface area contributed by atoms with Gasteiger partial charge in [0.05, 0.1) is 5.82 Å². The highest BCUT2D eigenvalue weighted by Crippen LogP contribution is 1.73. The minimum Gasteiger partial charge on any atom is -0.386 e. The summed E-state index contributed by atoms with van der Waals surface area (Å²) in [6.07, 6.45) is 1.08. The molecule has 0 aromatic rings. The highest BCUT2D eigenvalue weighted by Gasteiger charge is 1.83. The average Bonchev–Trinajstić information content (AvgIpc) is 1.80. The number of rotatable bonds is 5. The lowest BCUT2D eigenvalue weighted by Crippen LogP contribution is -2.22. The van der Waals surface area contributed by atoms with Gasteiger partial charge in [0.25, 0.3) is 0 Å². The molecule has 0 bridgehead atoms. The van der Waals surface area contributed by atoms with Gasteiger partial charge in [0, 0.05) is 6.54 Å². The molecule has 0 unspecified atom stereocenters. The van der Waals surface area contributed by atoms with Crippen molar-refractivity contribution in [3.8, 4) is 0 Å². The fourth-order valence-electron chi connectivity index (χ4n) is 0.514. The number of nitrogens with one attached hydrogen (secondary N) is 2. The molecular weight excluding hydrogens is 114 g/mol. The summed E-state index contributed by atoms with van der Waals surface area (Å²) in [6, 6.07) is 0. The van der Waals surface area contributed by atoms with Crippen molar-refractivity contribution in [2.24, 2.45) is 5.73 Å². The predicted molar refractivity (Wildman–Crippen MR) is 39.9 cm³/mol. The standard InChI is InChI=1S/C6H15N3/c1-6(7)9-5-3-4-8-2/h8-9H,1,3-5,7H2,2H3. The summed E-state index contributed by atoms with van der Waals surface area (Å²) in [7, 11) is 1.93. The molecule has 0 heterocycles. The van der Waals surface area contributed by atoms with Crippen molar-refractivity contribution in [1.82, 2.24) is 10.6 Å². The normalized spacial score (nSPS) is 9.00. The minimum atomic E-state index is 0.547. The molecule has 0 radical (unpaired) electrons. The van der Waals surface area contributed by atoms with Crippen LogP contribution in [0.25, 0.3) is 0 Å². The van der Waals surface area contributed by atoms with Gasteiger partial charge in [0.15, 0.2) is 0 Å². The van der Waals surface area contributed by atoms with Gasteiger partial charge in [-0.3, -0.25) is 0 Å². The van der Waals surface area contributed by atoms with Crippen molar-refractivity contribution in [1.29, 1.82) is 0 Å². The Morgan fingerprint density at radius 3 is 2.67 bits per heavy atom. The fourth-order valence-corrected chi connectivity index (χ4v) is 0.514. The zero-order valence-electron chi connectivity index (χ0n) is 5.91. The molecule has 0 aromatic heterocycles. The van der Waals surface area contributed by atoms with Crippen molar-refractivity contribution >= 4 is 0 Å². The fraction of sp³-hybridized carbons (Fsp3) is 0.667. The van der Waals surface area contributed by atoms with Gasteiger partial charge >= 0.3 is 0 Å². The van der Waals surface area contributed by atoms with E-state index in [4.69, 9.17) is 5.73 Å². The summed E-state index contributed by atoms with van der Waals surface area (Å²) < 4.78 is 0. The first-order valence-corrected chi connectivity index (χ1v) is 3.10. The van der Waals surface area contributed by atoms with E-state index in [-0.39, 0.29) is 0 Å². The molecule has 4 N–H and O–H groups in total. The van der Waals surface area contributed by atoms with Gasteiger partial charge in [-0.05, 0) is 20.0 Å². The first kappa shape index (κ1) is 8.30. The van der Waals surface area contributed by atoms with E-state index in [2.05, 4.69) is 17.2 Å². The van der Waals surface area contributed by atoms with Crippen LogP contribution in [0.5, 0.6) is 0 Å². The van der Waals surface area contributed by atoms with Crippen LogP contribution in [-0.2, 0) is 0 Å². The lowest BCUT2D eigenvalue weighted by molar-refractivity contribution is 0.674. The zero-order chi connectivity index (χ0) is 7.11. The second kappa shape index (κ2) is 5.44. The molecule has 3 nitrogen and oxygen atoms in total. The third-order valence-corrected chi connectivity index (χ3v) is 0.956. The summed E-state index contributed by atoms with van der Waals surface area (Å²) in [5.41, 5.74) is 5.25. The number of nitrogens with two attached hydrogens (primary N) is 1. The smallest absolute Gasteiger partial charge is 0.0885 e. The van der Waals surface area contributed by atoms with Crippen LogP contribution in [0.1, 0.15) is 6.42 Å². The van der Waals surface area contributed by atoms with Gasteiger partial charge in [-0.1, -0.05) is 6.58 Å². The predicted octanol–water partition coefficient (Wildman–Crippen LogP) is -0.385. The summed E-state index contributed by atoms with van der Waals surface area (Å²) in [5, 5.41) is 5.95. The topological polar surface area (TPSA) is 50.1 Å². The van der Waals surface area contributed by atoms with Gasteiger partial charge in [0.1, 0.15) is 0 Å². The molecule has 3 heteroatoms. The Labute approximate surface area is 56.3 Å². The van der Waals surface area contributed by atoms with Crippen LogP contribution in [0.2, 0.25) is 0 Å². The van der Waals surface area contributed by atoms with E-state index in [0.29, 0.717) is 5.82 Å². The Hall–Kier alpha value is -0.700. The van der Waals surface area contributed by atoms with Gasteiger partial charge in [-0.15, -0.1) is 0 Å². The molecule has 0 aliphatic heterocycles. The molecule has 0 saturated carbocycles. The maximum Gasteiger partial charge on any atom is 0.0885 e. The van der Waals surface area contributed by atoms with Crippen LogP contribution in [0.4, 0.5) is 0 Å². The quantitative estimate of drug-likeness (QED) is 0.443. The number of hydrogen-bond acceptors (Lipinski definition) is 3. The van der Waals surface area contributed by atoms with Gasteiger partial charge < -0.3 is 16.4 Å². The Kier molecular flexibility index (Phi) is 5.01. The van der Waals surface area contributed by atoms with E-state index in [0.717, 1.165) is 19.5 Å². The lowest BCUT2D eigenvalue weighted by Gasteiger charge is -2.02. The highest BCUT2D eigenvalue weighted by atomic mass is 15.0. The summed E-state index contributed by atoms with van der Waals surface area (Å²) >= 11 is 0. The maximum absolute atomic E-state index is 5.25. The largest absolute Gasteiger partial charge is 0.386 e. The van der Waals surface area contributed by atoms with Crippen molar-refractivity contribution in [3.05, 3.63) is 12.4 Å². The van der Waals surface area contributed by atoms with E-state index in [9.17, 15) is 0 Å². The molecule has 0 aliphatic rings. The van der Waals surface area contributed by atoms with Crippen LogP contribution < -0.4 is 16.4 Å². The first-order valence-electron chi connectivity index (χ1n) is 3.10. The lowest BCUT2D eigenvalue weighted by atomic mass is 10.4. The van der Waals surface area contributed by atoms with Crippen LogP contribution in [-0.4, -0.2) is 20.1 Å². The van der Waals surface area contributed by atoms with Crippen molar-refractivity contribution in [2.75, 3.05) is 20.1 Å². The van der Waals surface area contributed by atoms with Crippen molar-refractivity contribution < 1.29 is 0 Å². The average molecular weight is 129 g/mol. The summed E-state index contributed by atoms with van der Waals surface area (Å²) in [4.78, 5) is 0. The monoisotopic (exact) mass is 129 g/mol. The van der Waals surface area contributed by atoms with Crippen LogP contribution in [0.3, 0.4) is 0 Å². The molecule has 54 valence electrons. The Morgan fingerprint density at radius 2 is 2.22 bits per heavy atom. The molecule has 0 spiro atoms. The van der Waals surface area contributed by atoms with Crippen LogP contribution in [0, 0.1) is 0 Å². The summed E-state index contributed by atoms with van der Waals surface area (Å²) in [5.74, 6) is 0.547. The van der Waals surface area contributed by atoms with E-state index >= 15 is 0 Å². The number of hydrogen-bond donors (Lipinski definition) is 3. The van der Waals surface area contributed by atoms with Crippen molar-refractivity contribution in [3.63, 3.8) is 0 Å². The van der Waals surface area contributed by atoms with Gasteiger partial charge in [-0.25, -0.2) is 0 Å². The summed E-state index contributed by atoms with van der Waals surface area (Å²) in [6.45, 7) is 5.41. The molecule has 0 aromatic carbocycles. The van der Waals surface area contributed by atoms with E-state index in [1.54, 1.807) is 0 Å². The highest BCUT2D eigenvalue weighted by molar-refractivity contribution is 4.81. The SMILES string of the molecule is C=C(N)NCCCNC. The Bertz CT molecular complexity index is 80.4. The molecular formula is C6H15N3. The van der Waals surface area contributed by atoms with Crippen LogP contribution >= 0.6 is 0 Å². The molecule has 0 aliphatic carbocycles. The molecule has 0 amide bonds. The van der Waals surface area contributed by atoms with Crippen LogP contribution in [0.15, 0.2) is 12.4 Å². The molecule has 9 heavy (non-hydrogen) atoms. The second-order valence-corrected chi connectivity index (χ2v) is 1.91. The molecule has 0 atom stereocenters. The van der Waals surface area contributed by atoms with Gasteiger partial charge in [0.2, 0.25) is 0 Å². The Morgan fingerprint density at radius 1 is 1.56 bits per heavy atom. The minimum absolute atomic E-state index is 0.547. The van der Waals surface area contributed by atoms with Crippen molar-refractivity contribution in [2.45, 2.75) is 6.42 Å². The first-order chi connectivity index (χ1) is 4.27. The third kappa shape index (κ3) is 7.30. The van der Waals surface area contributed by atoms with Gasteiger partial charge in [-0.2, -0.15) is 0 Å². The Balaban J connectivity index is 2.83. The second-order valence-electron chi connectivity index (χ2n) is 1.91. The molecule has 0 rings (SSSR count).